The van der Waals surface area contributed by atoms with Gasteiger partial charge in [0.2, 0.25) is 5.91 Å². The average Bonchev–Trinajstić information content (AvgIpc) is 2.25. The summed E-state index contributed by atoms with van der Waals surface area (Å²) in [5, 5.41) is 2.09. The van der Waals surface area contributed by atoms with Crippen LogP contribution in [0.5, 0.6) is 0 Å². The Kier molecular flexibility index (Phi) is 4.90. The molecule has 0 aromatic heterocycles. The van der Waals surface area contributed by atoms with Crippen LogP contribution in [0.3, 0.4) is 0 Å². The molecule has 108 valence electrons. The summed E-state index contributed by atoms with van der Waals surface area (Å²) in [5.41, 5.74) is 4.65. The highest BCUT2D eigenvalue weighted by atomic mass is 19.1. The highest BCUT2D eigenvalue weighted by Crippen LogP contribution is 2.15. The number of benzene rings is 1. The van der Waals surface area contributed by atoms with Crippen LogP contribution in [-0.4, -0.2) is 17.9 Å². The first-order chi connectivity index (χ1) is 9.22. The van der Waals surface area contributed by atoms with Crippen molar-refractivity contribution in [2.75, 3.05) is 0 Å². The molecule has 0 radical (unpaired) electrons. The summed E-state index contributed by atoms with van der Waals surface area (Å²) >= 11 is 0. The third kappa shape index (κ3) is 3.84. The second-order valence-corrected chi connectivity index (χ2v) is 4.33. The number of primary amides is 1. The molecule has 0 aliphatic rings. The van der Waals surface area contributed by atoms with Gasteiger partial charge in [-0.1, -0.05) is 5.57 Å². The summed E-state index contributed by atoms with van der Waals surface area (Å²) in [6.45, 7) is 5.15. The lowest BCUT2D eigenvalue weighted by atomic mass is 10.1. The lowest BCUT2D eigenvalue weighted by Crippen LogP contribution is -2.45. The van der Waals surface area contributed by atoms with Crippen molar-refractivity contribution < 1.29 is 22.8 Å². The zero-order chi connectivity index (χ0) is 15.4. The van der Waals surface area contributed by atoms with Crippen LogP contribution in [0, 0.1) is 17.5 Å². The van der Waals surface area contributed by atoms with E-state index in [0.29, 0.717) is 17.7 Å². The number of halogens is 3. The molecule has 0 aliphatic carbocycles. The van der Waals surface area contributed by atoms with E-state index in [1.807, 2.05) is 0 Å². The van der Waals surface area contributed by atoms with Crippen LogP contribution in [0.1, 0.15) is 23.7 Å². The first kappa shape index (κ1) is 15.7. The molecular weight excluding hydrogens is 273 g/mol. The SMILES string of the molecule is C=C(C)C[C@H](NC(=O)c1c(F)cc(F)cc1F)C(N)=O. The summed E-state index contributed by atoms with van der Waals surface area (Å²) < 4.78 is 39.5. The molecule has 0 unspecified atom stereocenters. The van der Waals surface area contributed by atoms with Crippen LogP contribution in [0.4, 0.5) is 13.2 Å². The number of hydrogen-bond donors (Lipinski definition) is 2. The Morgan fingerprint density at radius 2 is 1.80 bits per heavy atom. The van der Waals surface area contributed by atoms with E-state index in [1.165, 1.54) is 0 Å². The Bertz CT molecular complexity index is 550. The van der Waals surface area contributed by atoms with E-state index in [-0.39, 0.29) is 6.42 Å². The molecule has 1 rings (SSSR count). The van der Waals surface area contributed by atoms with E-state index >= 15 is 0 Å². The van der Waals surface area contributed by atoms with E-state index in [1.54, 1.807) is 6.92 Å². The van der Waals surface area contributed by atoms with E-state index in [0.717, 1.165) is 0 Å². The quantitative estimate of drug-likeness (QED) is 0.808. The largest absolute Gasteiger partial charge is 0.368 e. The van der Waals surface area contributed by atoms with Gasteiger partial charge in [0.15, 0.2) is 0 Å². The number of nitrogens with one attached hydrogen (secondary N) is 1. The minimum Gasteiger partial charge on any atom is -0.368 e. The number of carbonyl (C=O) groups excluding carboxylic acids is 2. The fraction of sp³-hybridized carbons (Fsp3) is 0.231. The molecule has 1 atom stereocenters. The second kappa shape index (κ2) is 6.23. The van der Waals surface area contributed by atoms with Crippen molar-refractivity contribution in [2.45, 2.75) is 19.4 Å². The van der Waals surface area contributed by atoms with Crippen LogP contribution in [0.2, 0.25) is 0 Å². The zero-order valence-corrected chi connectivity index (χ0v) is 10.7. The molecule has 0 saturated carbocycles. The van der Waals surface area contributed by atoms with Crippen molar-refractivity contribution in [1.82, 2.24) is 5.32 Å². The summed E-state index contributed by atoms with van der Waals surface area (Å²) in [4.78, 5) is 22.9. The van der Waals surface area contributed by atoms with Gasteiger partial charge in [0.1, 0.15) is 29.1 Å². The number of carbonyl (C=O) groups is 2. The Labute approximate surface area is 113 Å². The van der Waals surface area contributed by atoms with Crippen molar-refractivity contribution in [1.29, 1.82) is 0 Å². The lowest BCUT2D eigenvalue weighted by Gasteiger charge is -2.16. The van der Waals surface area contributed by atoms with E-state index in [4.69, 9.17) is 5.73 Å². The molecule has 1 aromatic carbocycles. The molecule has 0 spiro atoms. The second-order valence-electron chi connectivity index (χ2n) is 4.33. The average molecular weight is 286 g/mol. The van der Waals surface area contributed by atoms with E-state index < -0.39 is 40.9 Å². The molecular formula is C13H13F3N2O2. The van der Waals surface area contributed by atoms with Crippen LogP contribution in [-0.2, 0) is 4.79 Å². The number of rotatable bonds is 5. The summed E-state index contributed by atoms with van der Waals surface area (Å²) in [6, 6.07) is -0.407. The Morgan fingerprint density at radius 3 is 2.20 bits per heavy atom. The minimum absolute atomic E-state index is 0.0332. The molecule has 1 aromatic rings. The molecule has 0 bridgehead atoms. The van der Waals surface area contributed by atoms with Gasteiger partial charge < -0.3 is 11.1 Å². The molecule has 3 N–H and O–H groups in total. The van der Waals surface area contributed by atoms with Gasteiger partial charge in [-0.3, -0.25) is 9.59 Å². The van der Waals surface area contributed by atoms with E-state index in [2.05, 4.69) is 11.9 Å². The summed E-state index contributed by atoms with van der Waals surface area (Å²) in [6.07, 6.45) is 0.0332. The molecule has 2 amide bonds. The van der Waals surface area contributed by atoms with Gasteiger partial charge in [-0.05, 0) is 13.3 Å². The van der Waals surface area contributed by atoms with Gasteiger partial charge >= 0.3 is 0 Å². The van der Waals surface area contributed by atoms with E-state index in [9.17, 15) is 22.8 Å². The highest BCUT2D eigenvalue weighted by molar-refractivity contribution is 5.97. The predicted octanol–water partition coefficient (Wildman–Crippen LogP) is 1.65. The zero-order valence-electron chi connectivity index (χ0n) is 10.7. The smallest absolute Gasteiger partial charge is 0.257 e. The topological polar surface area (TPSA) is 72.2 Å². The number of hydrogen-bond acceptors (Lipinski definition) is 2. The normalized spacial score (nSPS) is 11.8. The molecule has 0 fully saturated rings. The van der Waals surface area contributed by atoms with Crippen LogP contribution >= 0.6 is 0 Å². The van der Waals surface area contributed by atoms with Gasteiger partial charge in [-0.15, -0.1) is 6.58 Å². The predicted molar refractivity (Wildman–Crippen MR) is 66.2 cm³/mol. The minimum atomic E-state index is -1.36. The summed E-state index contributed by atoms with van der Waals surface area (Å²) in [5.74, 6) is -5.93. The van der Waals surface area contributed by atoms with Crippen LogP contribution < -0.4 is 11.1 Å². The number of amides is 2. The molecule has 4 nitrogen and oxygen atoms in total. The first-order valence-corrected chi connectivity index (χ1v) is 5.61. The Hall–Kier alpha value is -2.31. The fourth-order valence-corrected chi connectivity index (χ4v) is 1.56. The highest BCUT2D eigenvalue weighted by Gasteiger charge is 2.24. The molecule has 20 heavy (non-hydrogen) atoms. The van der Waals surface area contributed by atoms with Crippen LogP contribution in [0.25, 0.3) is 0 Å². The monoisotopic (exact) mass is 286 g/mol. The summed E-state index contributed by atoms with van der Waals surface area (Å²) in [7, 11) is 0. The molecule has 0 aliphatic heterocycles. The van der Waals surface area contributed by atoms with Gasteiger partial charge in [0.25, 0.3) is 5.91 Å². The van der Waals surface area contributed by atoms with Crippen LogP contribution in [0.15, 0.2) is 24.3 Å². The van der Waals surface area contributed by atoms with Gasteiger partial charge in [-0.2, -0.15) is 0 Å². The van der Waals surface area contributed by atoms with Gasteiger partial charge in [0.05, 0.1) is 0 Å². The first-order valence-electron chi connectivity index (χ1n) is 5.61. The molecule has 7 heteroatoms. The fourth-order valence-electron chi connectivity index (χ4n) is 1.56. The van der Waals surface area contributed by atoms with Crippen molar-refractivity contribution in [3.8, 4) is 0 Å². The molecule has 0 saturated heterocycles. The van der Waals surface area contributed by atoms with Crippen molar-refractivity contribution in [3.05, 3.63) is 47.3 Å². The maximum absolute atomic E-state index is 13.4. The lowest BCUT2D eigenvalue weighted by molar-refractivity contribution is -0.119. The maximum atomic E-state index is 13.4. The van der Waals surface area contributed by atoms with Crippen molar-refractivity contribution in [2.24, 2.45) is 5.73 Å². The number of nitrogens with two attached hydrogens (primary N) is 1. The van der Waals surface area contributed by atoms with Crippen molar-refractivity contribution >= 4 is 11.8 Å². The standard InChI is InChI=1S/C13H13F3N2O2/c1-6(2)3-10(12(17)19)18-13(20)11-8(15)4-7(14)5-9(11)16/h4-5,10H,1,3H2,2H3,(H2,17,19)(H,18,20)/t10-/m0/s1. The third-order valence-corrected chi connectivity index (χ3v) is 2.44. The van der Waals surface area contributed by atoms with Crippen molar-refractivity contribution in [3.63, 3.8) is 0 Å². The van der Waals surface area contributed by atoms with Gasteiger partial charge in [-0.25, -0.2) is 13.2 Å². The van der Waals surface area contributed by atoms with Gasteiger partial charge in [0, 0.05) is 12.1 Å². The molecule has 0 heterocycles. The third-order valence-electron chi connectivity index (χ3n) is 2.44. The Balaban J connectivity index is 3.01. The Morgan fingerprint density at radius 1 is 1.30 bits per heavy atom. The maximum Gasteiger partial charge on any atom is 0.257 e.